The van der Waals surface area contributed by atoms with Gasteiger partial charge in [0.25, 0.3) is 11.8 Å². The van der Waals surface area contributed by atoms with E-state index in [0.717, 1.165) is 4.90 Å². The number of urea groups is 1. The molecule has 2 saturated heterocycles. The van der Waals surface area contributed by atoms with E-state index in [9.17, 15) is 22.8 Å². The Morgan fingerprint density at radius 2 is 1.91 bits per heavy atom. The molecule has 2 aromatic heterocycles. The zero-order valence-corrected chi connectivity index (χ0v) is 17.7. The molecule has 0 saturated carbocycles. The lowest BCUT2D eigenvalue weighted by Crippen LogP contribution is -2.56. The van der Waals surface area contributed by atoms with Gasteiger partial charge in [0, 0.05) is 11.9 Å². The first-order chi connectivity index (χ1) is 16.4. The van der Waals surface area contributed by atoms with Crippen LogP contribution < -0.4 is 10.2 Å². The standard InChI is InChI=1S/C22H19F3N6O3/c23-14-2-1-3-16(10-14)31-21(33)30(20(32)22(31)6-8-26-9-7-22)12-15-5-4-13(11-27-15)18-28-29-19(34-18)17(24)25/h1-5,10-11,17,26H,6-9,12H2. The second-order valence-corrected chi connectivity index (χ2v) is 8.06. The first-order valence-corrected chi connectivity index (χ1v) is 10.6. The molecule has 1 spiro atoms. The van der Waals surface area contributed by atoms with E-state index in [0.29, 0.717) is 42.9 Å². The molecule has 1 aromatic carbocycles. The summed E-state index contributed by atoms with van der Waals surface area (Å²) in [6.45, 7) is 0.970. The maximum atomic E-state index is 14.0. The second-order valence-electron chi connectivity index (χ2n) is 8.06. The van der Waals surface area contributed by atoms with Gasteiger partial charge in [0.1, 0.15) is 11.4 Å². The molecule has 3 amide bonds. The van der Waals surface area contributed by atoms with Gasteiger partial charge in [-0.2, -0.15) is 8.78 Å². The van der Waals surface area contributed by atoms with Crippen molar-refractivity contribution in [3.8, 4) is 11.5 Å². The Morgan fingerprint density at radius 3 is 2.56 bits per heavy atom. The van der Waals surface area contributed by atoms with Gasteiger partial charge in [0.2, 0.25) is 5.89 Å². The van der Waals surface area contributed by atoms with Crippen molar-refractivity contribution in [2.75, 3.05) is 18.0 Å². The van der Waals surface area contributed by atoms with E-state index < -0.39 is 29.7 Å². The third-order valence-corrected chi connectivity index (χ3v) is 6.01. The number of aromatic nitrogens is 3. The molecule has 4 heterocycles. The summed E-state index contributed by atoms with van der Waals surface area (Å²) in [6.07, 6.45) is -0.765. The summed E-state index contributed by atoms with van der Waals surface area (Å²) in [5, 5.41) is 10.0. The Morgan fingerprint density at radius 1 is 1.12 bits per heavy atom. The highest BCUT2D eigenvalue weighted by Crippen LogP contribution is 2.40. The molecule has 176 valence electrons. The van der Waals surface area contributed by atoms with Crippen molar-refractivity contribution in [1.29, 1.82) is 0 Å². The molecule has 2 aliphatic heterocycles. The van der Waals surface area contributed by atoms with Crippen LogP contribution in [0.2, 0.25) is 0 Å². The lowest BCUT2D eigenvalue weighted by molar-refractivity contribution is -0.132. The molecule has 2 fully saturated rings. The Labute approximate surface area is 191 Å². The van der Waals surface area contributed by atoms with E-state index >= 15 is 0 Å². The van der Waals surface area contributed by atoms with Crippen LogP contribution in [0.25, 0.3) is 11.5 Å². The number of halogens is 3. The Kier molecular flexibility index (Phi) is 5.52. The summed E-state index contributed by atoms with van der Waals surface area (Å²) >= 11 is 0. The van der Waals surface area contributed by atoms with Crippen molar-refractivity contribution >= 4 is 17.6 Å². The maximum absolute atomic E-state index is 14.0. The van der Waals surface area contributed by atoms with Crippen LogP contribution in [0.4, 0.5) is 23.7 Å². The molecular weight excluding hydrogens is 453 g/mol. The number of anilines is 1. The Hall–Kier alpha value is -3.80. The number of rotatable bonds is 5. The largest absolute Gasteiger partial charge is 0.415 e. The van der Waals surface area contributed by atoms with Gasteiger partial charge in [-0.3, -0.25) is 19.6 Å². The van der Waals surface area contributed by atoms with E-state index in [1.807, 2.05) is 0 Å². The van der Waals surface area contributed by atoms with Gasteiger partial charge in [-0.25, -0.2) is 9.18 Å². The van der Waals surface area contributed by atoms with E-state index in [1.54, 1.807) is 12.1 Å². The number of piperidine rings is 1. The molecule has 0 bridgehead atoms. The van der Waals surface area contributed by atoms with Gasteiger partial charge in [-0.1, -0.05) is 6.07 Å². The SMILES string of the molecule is O=C1N(Cc2ccc(-c3nnc(C(F)F)o3)cn2)C(=O)C2(CCNCC2)N1c1cccc(F)c1. The molecule has 9 nitrogen and oxygen atoms in total. The molecule has 0 aliphatic carbocycles. The minimum absolute atomic E-state index is 0.106. The van der Waals surface area contributed by atoms with Gasteiger partial charge < -0.3 is 9.73 Å². The van der Waals surface area contributed by atoms with Crippen molar-refractivity contribution in [3.63, 3.8) is 0 Å². The van der Waals surface area contributed by atoms with Crippen LogP contribution in [0.5, 0.6) is 0 Å². The van der Waals surface area contributed by atoms with Crippen molar-refractivity contribution in [2.45, 2.75) is 31.4 Å². The summed E-state index contributed by atoms with van der Waals surface area (Å²) in [7, 11) is 0. The topological polar surface area (TPSA) is 104 Å². The zero-order chi connectivity index (χ0) is 23.9. The Balaban J connectivity index is 1.42. The average molecular weight is 472 g/mol. The third kappa shape index (κ3) is 3.69. The van der Waals surface area contributed by atoms with Gasteiger partial charge >= 0.3 is 12.5 Å². The van der Waals surface area contributed by atoms with E-state index in [-0.39, 0.29) is 18.3 Å². The average Bonchev–Trinajstić information content (AvgIpc) is 3.40. The third-order valence-electron chi connectivity index (χ3n) is 6.01. The fourth-order valence-electron chi connectivity index (χ4n) is 4.37. The van der Waals surface area contributed by atoms with Crippen LogP contribution >= 0.6 is 0 Å². The molecule has 2 aliphatic rings. The summed E-state index contributed by atoms with van der Waals surface area (Å²) in [6, 6.07) is 8.13. The van der Waals surface area contributed by atoms with Crippen LogP contribution in [0.15, 0.2) is 47.0 Å². The minimum Gasteiger partial charge on any atom is -0.415 e. The van der Waals surface area contributed by atoms with Crippen molar-refractivity contribution in [2.24, 2.45) is 0 Å². The van der Waals surface area contributed by atoms with E-state index in [2.05, 4.69) is 20.5 Å². The minimum atomic E-state index is -2.89. The van der Waals surface area contributed by atoms with E-state index in [1.165, 1.54) is 35.4 Å². The highest BCUT2D eigenvalue weighted by molar-refractivity contribution is 6.16. The second kappa shape index (κ2) is 8.52. The van der Waals surface area contributed by atoms with Gasteiger partial charge in [0.15, 0.2) is 0 Å². The highest BCUT2D eigenvalue weighted by Gasteiger charge is 2.58. The molecule has 0 atom stereocenters. The van der Waals surface area contributed by atoms with E-state index in [4.69, 9.17) is 4.42 Å². The number of pyridine rings is 1. The lowest BCUT2D eigenvalue weighted by Gasteiger charge is -2.38. The summed E-state index contributed by atoms with van der Waals surface area (Å²) in [5.41, 5.74) is -0.0779. The molecule has 1 N–H and O–H groups in total. The number of benzene rings is 1. The summed E-state index contributed by atoms with van der Waals surface area (Å²) in [5.74, 6) is -1.79. The van der Waals surface area contributed by atoms with Crippen LogP contribution in [0, 0.1) is 5.82 Å². The normalized spacial score (nSPS) is 17.9. The fraction of sp³-hybridized carbons (Fsp3) is 0.318. The zero-order valence-electron chi connectivity index (χ0n) is 17.7. The first-order valence-electron chi connectivity index (χ1n) is 10.6. The van der Waals surface area contributed by atoms with Gasteiger partial charge in [-0.05, 0) is 56.3 Å². The van der Waals surface area contributed by atoms with Gasteiger partial charge in [-0.15, -0.1) is 10.2 Å². The van der Waals surface area contributed by atoms with Crippen LogP contribution in [0.3, 0.4) is 0 Å². The number of carbonyl (C=O) groups excluding carboxylic acids is 2. The number of nitrogens with one attached hydrogen (secondary N) is 1. The number of imide groups is 1. The molecule has 0 unspecified atom stereocenters. The van der Waals surface area contributed by atoms with Gasteiger partial charge in [0.05, 0.1) is 17.8 Å². The molecule has 34 heavy (non-hydrogen) atoms. The number of carbonyl (C=O) groups is 2. The number of nitrogens with zero attached hydrogens (tertiary/aromatic N) is 5. The smallest absolute Gasteiger partial charge is 0.332 e. The quantitative estimate of drug-likeness (QED) is 0.568. The maximum Gasteiger partial charge on any atom is 0.332 e. The van der Waals surface area contributed by atoms with Crippen LogP contribution in [-0.2, 0) is 11.3 Å². The molecular formula is C22H19F3N6O3. The lowest BCUT2D eigenvalue weighted by atomic mass is 9.86. The molecule has 12 heteroatoms. The Bertz CT molecular complexity index is 1230. The van der Waals surface area contributed by atoms with Crippen molar-refractivity contribution in [1.82, 2.24) is 25.4 Å². The predicted molar refractivity (Wildman–Crippen MR) is 112 cm³/mol. The molecule has 0 radical (unpaired) electrons. The number of amides is 3. The molecule has 5 rings (SSSR count). The molecule has 3 aromatic rings. The number of alkyl halides is 2. The van der Waals surface area contributed by atoms with Crippen LogP contribution in [-0.4, -0.2) is 50.6 Å². The number of hydrogen-bond donors (Lipinski definition) is 1. The summed E-state index contributed by atoms with van der Waals surface area (Å²) < 4.78 is 44.2. The fourth-order valence-corrected chi connectivity index (χ4v) is 4.37. The summed E-state index contributed by atoms with van der Waals surface area (Å²) in [4.78, 5) is 33.7. The van der Waals surface area contributed by atoms with Crippen molar-refractivity contribution in [3.05, 3.63) is 60.0 Å². The van der Waals surface area contributed by atoms with Crippen molar-refractivity contribution < 1.29 is 27.2 Å². The number of hydrogen-bond acceptors (Lipinski definition) is 7. The first kappa shape index (κ1) is 22.0. The van der Waals surface area contributed by atoms with Crippen LogP contribution in [0.1, 0.15) is 30.9 Å². The highest BCUT2D eigenvalue weighted by atomic mass is 19.3. The monoisotopic (exact) mass is 472 g/mol. The predicted octanol–water partition coefficient (Wildman–Crippen LogP) is 3.30.